The van der Waals surface area contributed by atoms with Crippen molar-refractivity contribution in [2.75, 3.05) is 14.1 Å². The molecule has 0 unspecified atom stereocenters. The quantitative estimate of drug-likeness (QED) is 0.365. The molecule has 0 spiro atoms. The number of hydrogen-bond donors (Lipinski definition) is 0. The molecule has 0 bridgehead atoms. The molecule has 0 aromatic rings. The predicted molar refractivity (Wildman–Crippen MR) is 28.9 cm³/mol. The molecule has 2 heteroatoms. The highest BCUT2D eigenvalue weighted by molar-refractivity contribution is 5.64. The maximum absolute atomic E-state index is 9.60. The van der Waals surface area contributed by atoms with Crippen LogP contribution in [0.1, 0.15) is 0 Å². The average Bonchev–Trinajstić information content (AvgIpc) is 1.61. The molecule has 0 saturated heterocycles. The molecule has 0 radical (unpaired) electrons. The maximum Gasteiger partial charge on any atom is 0.144 e. The van der Waals surface area contributed by atoms with Gasteiger partial charge in [0.25, 0.3) is 0 Å². The van der Waals surface area contributed by atoms with E-state index >= 15 is 0 Å². The van der Waals surface area contributed by atoms with Crippen molar-refractivity contribution in [3.05, 3.63) is 12.3 Å². The number of rotatable bonds is 2. The van der Waals surface area contributed by atoms with E-state index < -0.39 is 0 Å². The van der Waals surface area contributed by atoms with E-state index in [9.17, 15) is 4.79 Å². The lowest BCUT2D eigenvalue weighted by Crippen LogP contribution is -1.99. The normalized spacial score (nSPS) is 9.43. The van der Waals surface area contributed by atoms with Crippen LogP contribution in [0.2, 0.25) is 0 Å². The van der Waals surface area contributed by atoms with E-state index in [2.05, 4.69) is 0 Å². The summed E-state index contributed by atoms with van der Waals surface area (Å²) in [5.74, 6) is 0. The molecule has 0 saturated carbocycles. The third kappa shape index (κ3) is 5.21. The molecule has 0 aromatic heterocycles. The number of hydrogen-bond acceptors (Lipinski definition) is 2. The summed E-state index contributed by atoms with van der Waals surface area (Å²) in [6, 6.07) is 0. The summed E-state index contributed by atoms with van der Waals surface area (Å²) in [5.41, 5.74) is 0. The minimum absolute atomic E-state index is 0.750. The van der Waals surface area contributed by atoms with Crippen LogP contribution in [-0.2, 0) is 4.79 Å². The van der Waals surface area contributed by atoms with Gasteiger partial charge in [0.15, 0.2) is 0 Å². The average molecular weight is 99.1 g/mol. The first-order valence-electron chi connectivity index (χ1n) is 2.05. The van der Waals surface area contributed by atoms with Gasteiger partial charge < -0.3 is 4.90 Å². The third-order valence-electron chi connectivity index (χ3n) is 0.463. The Morgan fingerprint density at radius 1 is 1.43 bits per heavy atom. The Morgan fingerprint density at radius 3 is 2.14 bits per heavy atom. The number of aldehydes is 1. The van der Waals surface area contributed by atoms with Crippen molar-refractivity contribution in [2.45, 2.75) is 0 Å². The van der Waals surface area contributed by atoms with Gasteiger partial charge in [-0.25, -0.2) is 0 Å². The van der Waals surface area contributed by atoms with Crippen LogP contribution in [0, 0.1) is 0 Å². The highest BCUT2D eigenvalue weighted by Gasteiger charge is 1.69. The molecule has 0 atom stereocenters. The van der Waals surface area contributed by atoms with Crippen LogP contribution in [0.5, 0.6) is 0 Å². The van der Waals surface area contributed by atoms with Crippen LogP contribution in [0.4, 0.5) is 0 Å². The molecular formula is C5H9NO. The van der Waals surface area contributed by atoms with E-state index in [1.54, 1.807) is 11.1 Å². The number of carbonyl (C=O) groups excluding carboxylic acids is 1. The summed E-state index contributed by atoms with van der Waals surface area (Å²) in [5, 5.41) is 0. The van der Waals surface area contributed by atoms with E-state index in [4.69, 9.17) is 0 Å². The van der Waals surface area contributed by atoms with Crippen LogP contribution < -0.4 is 0 Å². The highest BCUT2D eigenvalue weighted by atomic mass is 16.1. The van der Waals surface area contributed by atoms with E-state index in [1.807, 2.05) is 14.1 Å². The zero-order chi connectivity index (χ0) is 5.70. The van der Waals surface area contributed by atoms with Gasteiger partial charge in [0, 0.05) is 20.3 Å². The molecule has 0 fully saturated rings. The fourth-order valence-corrected chi connectivity index (χ4v) is 0.207. The standard InChI is InChI=1S/C5H9NO/c1-6(2)4-3-5-7/h3-5H,1-2H3/b4-3-. The summed E-state index contributed by atoms with van der Waals surface area (Å²) in [6.45, 7) is 0. The molecule has 0 aliphatic carbocycles. The van der Waals surface area contributed by atoms with E-state index in [0.717, 1.165) is 6.29 Å². The monoisotopic (exact) mass is 99.1 g/mol. The summed E-state index contributed by atoms with van der Waals surface area (Å²) < 4.78 is 0. The Bertz CT molecular complexity index is 76.1. The number of nitrogens with zero attached hydrogens (tertiary/aromatic N) is 1. The molecular weight excluding hydrogens is 90.1 g/mol. The maximum atomic E-state index is 9.60. The van der Waals surface area contributed by atoms with Gasteiger partial charge >= 0.3 is 0 Å². The fraction of sp³-hybridized carbons (Fsp3) is 0.400. The fourth-order valence-electron chi connectivity index (χ4n) is 0.207. The lowest BCUT2D eigenvalue weighted by atomic mass is 10.6. The predicted octanol–water partition coefficient (Wildman–Crippen LogP) is 0.261. The molecule has 7 heavy (non-hydrogen) atoms. The molecule has 0 aliphatic heterocycles. The number of allylic oxidation sites excluding steroid dienone is 1. The molecule has 40 valence electrons. The first-order chi connectivity index (χ1) is 3.27. The van der Waals surface area contributed by atoms with Crippen molar-refractivity contribution >= 4 is 6.29 Å². The smallest absolute Gasteiger partial charge is 0.144 e. The van der Waals surface area contributed by atoms with Crippen molar-refractivity contribution in [3.8, 4) is 0 Å². The van der Waals surface area contributed by atoms with Gasteiger partial charge in [0.2, 0.25) is 0 Å². The second kappa shape index (κ2) is 3.40. The highest BCUT2D eigenvalue weighted by Crippen LogP contribution is 1.71. The van der Waals surface area contributed by atoms with Crippen LogP contribution >= 0.6 is 0 Å². The van der Waals surface area contributed by atoms with E-state index in [0.29, 0.717) is 0 Å². The Balaban J connectivity index is 3.25. The van der Waals surface area contributed by atoms with Gasteiger partial charge in [-0.05, 0) is 6.08 Å². The Hall–Kier alpha value is -0.790. The molecule has 0 aliphatic rings. The third-order valence-corrected chi connectivity index (χ3v) is 0.463. The van der Waals surface area contributed by atoms with Crippen molar-refractivity contribution in [1.29, 1.82) is 0 Å². The summed E-state index contributed by atoms with van der Waals surface area (Å²) >= 11 is 0. The summed E-state index contributed by atoms with van der Waals surface area (Å²) in [6.07, 6.45) is 3.88. The zero-order valence-electron chi connectivity index (χ0n) is 4.59. The Morgan fingerprint density at radius 2 is 2.00 bits per heavy atom. The van der Waals surface area contributed by atoms with Crippen molar-refractivity contribution in [3.63, 3.8) is 0 Å². The molecule has 0 heterocycles. The molecule has 0 aromatic carbocycles. The first kappa shape index (κ1) is 6.21. The molecule has 0 rings (SSSR count). The number of carbonyl (C=O) groups is 1. The lowest BCUT2D eigenvalue weighted by Gasteiger charge is -1.99. The SMILES string of the molecule is CN(C)/C=C\C=O. The minimum atomic E-state index is 0.750. The zero-order valence-corrected chi connectivity index (χ0v) is 4.59. The van der Waals surface area contributed by atoms with Crippen molar-refractivity contribution in [2.24, 2.45) is 0 Å². The van der Waals surface area contributed by atoms with Crippen LogP contribution in [0.3, 0.4) is 0 Å². The van der Waals surface area contributed by atoms with Gasteiger partial charge in [-0.15, -0.1) is 0 Å². The topological polar surface area (TPSA) is 20.3 Å². The van der Waals surface area contributed by atoms with Crippen molar-refractivity contribution in [1.82, 2.24) is 4.90 Å². The van der Waals surface area contributed by atoms with Crippen LogP contribution in [-0.4, -0.2) is 25.3 Å². The lowest BCUT2D eigenvalue weighted by molar-refractivity contribution is -0.104. The van der Waals surface area contributed by atoms with Crippen LogP contribution in [0.25, 0.3) is 0 Å². The Labute approximate surface area is 43.4 Å². The van der Waals surface area contributed by atoms with Gasteiger partial charge in [0.05, 0.1) is 0 Å². The van der Waals surface area contributed by atoms with E-state index in [-0.39, 0.29) is 0 Å². The first-order valence-corrected chi connectivity index (χ1v) is 2.05. The second-order valence-corrected chi connectivity index (χ2v) is 1.44. The van der Waals surface area contributed by atoms with Gasteiger partial charge in [0.1, 0.15) is 6.29 Å². The molecule has 0 N–H and O–H groups in total. The molecule has 0 amide bonds. The van der Waals surface area contributed by atoms with Crippen molar-refractivity contribution < 1.29 is 4.79 Å². The van der Waals surface area contributed by atoms with Gasteiger partial charge in [-0.1, -0.05) is 0 Å². The second-order valence-electron chi connectivity index (χ2n) is 1.44. The summed E-state index contributed by atoms with van der Waals surface area (Å²) in [4.78, 5) is 11.4. The molecule has 2 nitrogen and oxygen atoms in total. The van der Waals surface area contributed by atoms with E-state index in [1.165, 1.54) is 6.08 Å². The van der Waals surface area contributed by atoms with Crippen LogP contribution in [0.15, 0.2) is 12.3 Å². The largest absolute Gasteiger partial charge is 0.383 e. The minimum Gasteiger partial charge on any atom is -0.383 e. The summed E-state index contributed by atoms with van der Waals surface area (Å²) in [7, 11) is 3.72. The van der Waals surface area contributed by atoms with Gasteiger partial charge in [-0.2, -0.15) is 0 Å². The Kier molecular flexibility index (Phi) is 3.02. The van der Waals surface area contributed by atoms with Gasteiger partial charge in [-0.3, -0.25) is 4.79 Å².